The van der Waals surface area contributed by atoms with Crippen molar-refractivity contribution in [3.8, 4) is 0 Å². The molecule has 0 bridgehead atoms. The van der Waals surface area contributed by atoms with E-state index in [-0.39, 0.29) is 11.8 Å². The van der Waals surface area contributed by atoms with Gasteiger partial charge in [-0.3, -0.25) is 4.79 Å². The number of hydrogen-bond acceptors (Lipinski definition) is 2. The van der Waals surface area contributed by atoms with Crippen molar-refractivity contribution in [2.75, 3.05) is 11.1 Å². The highest BCUT2D eigenvalue weighted by molar-refractivity contribution is 5.95. The van der Waals surface area contributed by atoms with Gasteiger partial charge in [-0.05, 0) is 42.9 Å². The molecule has 0 spiro atoms. The Hall–Kier alpha value is -1.58. The van der Waals surface area contributed by atoms with Gasteiger partial charge in [-0.25, -0.2) is 4.39 Å². The molecule has 3 N–H and O–H groups in total. The van der Waals surface area contributed by atoms with Crippen molar-refractivity contribution < 1.29 is 9.18 Å². The smallest absolute Gasteiger partial charge is 0.228 e. The summed E-state index contributed by atoms with van der Waals surface area (Å²) in [6.45, 7) is 0. The molecule has 96 valence electrons. The first-order valence-electron chi connectivity index (χ1n) is 6.52. The molecular weight excluding hydrogens is 231 g/mol. The SMILES string of the molecule is Nc1cc(F)cc(NC(=O)C2C3CCCCC32)c1. The summed E-state index contributed by atoms with van der Waals surface area (Å²) in [7, 11) is 0. The molecule has 0 aliphatic heterocycles. The average molecular weight is 248 g/mol. The van der Waals surface area contributed by atoms with Gasteiger partial charge in [0.15, 0.2) is 0 Å². The molecule has 4 heteroatoms. The van der Waals surface area contributed by atoms with Gasteiger partial charge in [0.25, 0.3) is 0 Å². The maximum absolute atomic E-state index is 13.2. The molecule has 2 aliphatic carbocycles. The molecule has 3 rings (SSSR count). The number of nitrogens with one attached hydrogen (secondary N) is 1. The van der Waals surface area contributed by atoms with Crippen LogP contribution in [0.25, 0.3) is 0 Å². The van der Waals surface area contributed by atoms with Crippen LogP contribution in [-0.4, -0.2) is 5.91 Å². The predicted octanol–water partition coefficient (Wildman–Crippen LogP) is 2.78. The third-order valence-electron chi connectivity index (χ3n) is 4.15. The van der Waals surface area contributed by atoms with Gasteiger partial charge in [0.1, 0.15) is 5.82 Å². The highest BCUT2D eigenvalue weighted by Crippen LogP contribution is 2.55. The van der Waals surface area contributed by atoms with Crippen molar-refractivity contribution in [3.05, 3.63) is 24.0 Å². The second-order valence-corrected chi connectivity index (χ2v) is 5.40. The van der Waals surface area contributed by atoms with Crippen molar-refractivity contribution in [2.24, 2.45) is 17.8 Å². The van der Waals surface area contributed by atoms with E-state index in [1.807, 2.05) is 0 Å². The van der Waals surface area contributed by atoms with Crippen LogP contribution in [0.2, 0.25) is 0 Å². The Morgan fingerprint density at radius 1 is 1.22 bits per heavy atom. The monoisotopic (exact) mass is 248 g/mol. The Labute approximate surface area is 106 Å². The lowest BCUT2D eigenvalue weighted by Gasteiger charge is -2.06. The molecule has 2 aliphatic rings. The fourth-order valence-electron chi connectivity index (χ4n) is 3.29. The van der Waals surface area contributed by atoms with Crippen LogP contribution in [0, 0.1) is 23.6 Å². The molecule has 2 fully saturated rings. The van der Waals surface area contributed by atoms with Crippen LogP contribution < -0.4 is 11.1 Å². The number of anilines is 2. The molecule has 0 radical (unpaired) electrons. The van der Waals surface area contributed by atoms with Crippen LogP contribution in [0.1, 0.15) is 25.7 Å². The quantitative estimate of drug-likeness (QED) is 0.791. The van der Waals surface area contributed by atoms with Crippen LogP contribution in [0.3, 0.4) is 0 Å². The van der Waals surface area contributed by atoms with Gasteiger partial charge >= 0.3 is 0 Å². The lowest BCUT2D eigenvalue weighted by atomic mass is 10.0. The highest BCUT2D eigenvalue weighted by atomic mass is 19.1. The lowest BCUT2D eigenvalue weighted by Crippen LogP contribution is -2.15. The number of nitrogens with two attached hydrogens (primary N) is 1. The summed E-state index contributed by atoms with van der Waals surface area (Å²) < 4.78 is 13.2. The number of halogens is 1. The topological polar surface area (TPSA) is 55.1 Å². The number of hydrogen-bond donors (Lipinski definition) is 2. The molecule has 1 aromatic rings. The molecule has 2 unspecified atom stereocenters. The van der Waals surface area contributed by atoms with Crippen molar-refractivity contribution in [1.82, 2.24) is 0 Å². The van der Waals surface area contributed by atoms with E-state index in [2.05, 4.69) is 5.32 Å². The third kappa shape index (κ3) is 2.07. The zero-order valence-corrected chi connectivity index (χ0v) is 10.2. The molecule has 2 atom stereocenters. The molecule has 0 aromatic heterocycles. The molecule has 1 amide bonds. The summed E-state index contributed by atoms with van der Waals surface area (Å²) in [5.41, 5.74) is 6.34. The summed E-state index contributed by atoms with van der Waals surface area (Å²) in [6.07, 6.45) is 4.79. The number of fused-ring (bicyclic) bond motifs is 1. The number of rotatable bonds is 2. The number of nitrogen functional groups attached to an aromatic ring is 1. The molecule has 18 heavy (non-hydrogen) atoms. The Morgan fingerprint density at radius 2 is 1.89 bits per heavy atom. The zero-order valence-electron chi connectivity index (χ0n) is 10.2. The maximum atomic E-state index is 13.2. The number of amides is 1. The summed E-state index contributed by atoms with van der Waals surface area (Å²) in [4.78, 5) is 12.1. The van der Waals surface area contributed by atoms with Gasteiger partial charge in [-0.2, -0.15) is 0 Å². The second-order valence-electron chi connectivity index (χ2n) is 5.40. The van der Waals surface area contributed by atoms with Gasteiger partial charge in [-0.1, -0.05) is 12.8 Å². The molecule has 0 heterocycles. The van der Waals surface area contributed by atoms with Gasteiger partial charge < -0.3 is 11.1 Å². The Bertz CT molecular complexity index is 456. The Morgan fingerprint density at radius 3 is 2.50 bits per heavy atom. The van der Waals surface area contributed by atoms with E-state index >= 15 is 0 Å². The Balaban J connectivity index is 1.68. The van der Waals surface area contributed by atoms with E-state index in [0.29, 0.717) is 23.2 Å². The molecule has 1 aromatic carbocycles. The van der Waals surface area contributed by atoms with Crippen molar-refractivity contribution in [1.29, 1.82) is 0 Å². The minimum atomic E-state index is -0.418. The largest absolute Gasteiger partial charge is 0.399 e. The summed E-state index contributed by atoms with van der Waals surface area (Å²) in [5, 5.41) is 2.78. The fourth-order valence-corrected chi connectivity index (χ4v) is 3.29. The highest BCUT2D eigenvalue weighted by Gasteiger charge is 2.54. The van der Waals surface area contributed by atoms with Gasteiger partial charge in [-0.15, -0.1) is 0 Å². The summed E-state index contributed by atoms with van der Waals surface area (Å²) in [5.74, 6) is 0.863. The van der Waals surface area contributed by atoms with E-state index in [1.54, 1.807) is 6.07 Å². The lowest BCUT2D eigenvalue weighted by molar-refractivity contribution is -0.117. The molecule has 2 saturated carbocycles. The standard InChI is InChI=1S/C14H17FN2O/c15-8-5-9(16)7-10(6-8)17-14(18)13-11-3-1-2-4-12(11)13/h5-7,11-13H,1-4,16H2,(H,17,18). The van der Waals surface area contributed by atoms with E-state index in [9.17, 15) is 9.18 Å². The second kappa shape index (κ2) is 4.26. The van der Waals surface area contributed by atoms with Crippen LogP contribution in [0.5, 0.6) is 0 Å². The van der Waals surface area contributed by atoms with Crippen LogP contribution >= 0.6 is 0 Å². The van der Waals surface area contributed by atoms with E-state index in [0.717, 1.165) is 12.8 Å². The van der Waals surface area contributed by atoms with E-state index < -0.39 is 5.82 Å². The van der Waals surface area contributed by atoms with Gasteiger partial charge in [0.05, 0.1) is 0 Å². The molecule has 3 nitrogen and oxygen atoms in total. The van der Waals surface area contributed by atoms with Crippen molar-refractivity contribution in [3.63, 3.8) is 0 Å². The predicted molar refractivity (Wildman–Crippen MR) is 68.4 cm³/mol. The fraction of sp³-hybridized carbons (Fsp3) is 0.500. The van der Waals surface area contributed by atoms with Crippen LogP contribution in [0.4, 0.5) is 15.8 Å². The van der Waals surface area contributed by atoms with Gasteiger partial charge in [0, 0.05) is 17.3 Å². The van der Waals surface area contributed by atoms with Crippen molar-refractivity contribution in [2.45, 2.75) is 25.7 Å². The zero-order chi connectivity index (χ0) is 12.7. The average Bonchev–Trinajstić information content (AvgIpc) is 3.01. The minimum absolute atomic E-state index is 0.0249. The number of benzene rings is 1. The number of carbonyl (C=O) groups excluding carboxylic acids is 1. The van der Waals surface area contributed by atoms with E-state index in [1.165, 1.54) is 25.0 Å². The van der Waals surface area contributed by atoms with Gasteiger partial charge in [0.2, 0.25) is 5.91 Å². The first-order valence-corrected chi connectivity index (χ1v) is 6.52. The summed E-state index contributed by atoms with van der Waals surface area (Å²) in [6, 6.07) is 4.14. The third-order valence-corrected chi connectivity index (χ3v) is 4.15. The molecule has 0 saturated heterocycles. The summed E-state index contributed by atoms with van der Waals surface area (Å²) >= 11 is 0. The first kappa shape index (κ1) is 11.5. The maximum Gasteiger partial charge on any atom is 0.228 e. The molecular formula is C14H17FN2O. The number of carbonyl (C=O) groups is 1. The first-order chi connectivity index (χ1) is 8.65. The van der Waals surface area contributed by atoms with E-state index in [4.69, 9.17) is 5.73 Å². The Kier molecular flexibility index (Phi) is 2.73. The van der Waals surface area contributed by atoms with Crippen molar-refractivity contribution >= 4 is 17.3 Å². The van der Waals surface area contributed by atoms with Crippen LogP contribution in [-0.2, 0) is 4.79 Å². The van der Waals surface area contributed by atoms with Crippen LogP contribution in [0.15, 0.2) is 18.2 Å². The normalized spacial score (nSPS) is 29.5. The minimum Gasteiger partial charge on any atom is -0.399 e.